The zero-order chi connectivity index (χ0) is 11.5. The van der Waals surface area contributed by atoms with Gasteiger partial charge in [-0.1, -0.05) is 0 Å². The molecule has 0 N–H and O–H groups in total. The predicted molar refractivity (Wildman–Crippen MR) is 58.1 cm³/mol. The minimum Gasteiger partial charge on any atom is -0.275 e. The highest BCUT2D eigenvalue weighted by Crippen LogP contribution is 2.20. The molecular weight excluding hydrogens is 218 g/mol. The number of hydroxylamine groups is 3. The van der Waals surface area contributed by atoms with E-state index >= 15 is 0 Å². The minimum absolute atomic E-state index is 0.121. The highest BCUT2D eigenvalue weighted by atomic mass is 32.2. The Morgan fingerprint density at radius 1 is 1.47 bits per heavy atom. The van der Waals surface area contributed by atoms with Crippen LogP contribution >= 0.6 is 0 Å². The van der Waals surface area contributed by atoms with Gasteiger partial charge in [0.2, 0.25) is 6.73 Å². The maximum atomic E-state index is 11.3. The summed E-state index contributed by atoms with van der Waals surface area (Å²) in [7, 11) is -2.49. The maximum absolute atomic E-state index is 11.3. The van der Waals surface area contributed by atoms with Gasteiger partial charge in [-0.15, -0.1) is 4.65 Å². The van der Waals surface area contributed by atoms with E-state index in [-0.39, 0.29) is 17.3 Å². The average molecular weight is 236 g/mol. The van der Waals surface area contributed by atoms with Crippen LogP contribution < -0.4 is 0 Å². The molecule has 0 spiro atoms. The van der Waals surface area contributed by atoms with Crippen LogP contribution in [0.2, 0.25) is 0 Å². The van der Waals surface area contributed by atoms with E-state index in [4.69, 9.17) is 9.02 Å². The molecule has 0 bridgehead atoms. The third kappa shape index (κ3) is 4.19. The standard InChI is InChI=1S/C9H18NO4S/c1-9(11)14-10(6-4-5-7-10)8-13-15(2,3)12/h2,4-8H2,1,3H3/q+1. The van der Waals surface area contributed by atoms with Crippen molar-refractivity contribution in [1.82, 2.24) is 0 Å². The van der Waals surface area contributed by atoms with E-state index < -0.39 is 9.80 Å². The molecular formula is C9H18NO4S+. The van der Waals surface area contributed by atoms with Gasteiger partial charge < -0.3 is 0 Å². The van der Waals surface area contributed by atoms with Gasteiger partial charge in [0, 0.05) is 26.0 Å². The van der Waals surface area contributed by atoms with Crippen molar-refractivity contribution in [2.45, 2.75) is 19.8 Å². The molecule has 1 aliphatic heterocycles. The van der Waals surface area contributed by atoms with Crippen molar-refractivity contribution in [1.29, 1.82) is 0 Å². The summed E-state index contributed by atoms with van der Waals surface area (Å²) in [6.45, 7) is 2.92. The van der Waals surface area contributed by atoms with Crippen molar-refractivity contribution in [3.8, 4) is 0 Å². The summed E-state index contributed by atoms with van der Waals surface area (Å²) in [5.41, 5.74) is 0. The molecule has 0 aliphatic carbocycles. The first-order chi connectivity index (χ1) is 6.83. The largest absolute Gasteiger partial charge is 0.363 e. The Labute approximate surface area is 90.7 Å². The van der Waals surface area contributed by atoms with E-state index in [0.29, 0.717) is 0 Å². The summed E-state index contributed by atoms with van der Waals surface area (Å²) in [4.78, 5) is 16.2. The van der Waals surface area contributed by atoms with Crippen LogP contribution in [-0.4, -0.2) is 46.8 Å². The Hall–Kier alpha value is -0.590. The first kappa shape index (κ1) is 12.5. The SMILES string of the molecule is C=S(C)(=O)OC[N+]1(OC(C)=O)CCCC1. The van der Waals surface area contributed by atoms with E-state index in [0.717, 1.165) is 25.9 Å². The van der Waals surface area contributed by atoms with Crippen molar-refractivity contribution >= 4 is 21.6 Å². The minimum atomic E-state index is -2.49. The molecule has 1 atom stereocenters. The maximum Gasteiger partial charge on any atom is 0.363 e. The fraction of sp³-hybridized carbons (Fsp3) is 0.778. The van der Waals surface area contributed by atoms with Crippen molar-refractivity contribution < 1.29 is 22.7 Å². The number of hydrogen-bond acceptors (Lipinski definition) is 4. The Morgan fingerprint density at radius 3 is 2.40 bits per heavy atom. The fourth-order valence-corrected chi connectivity index (χ4v) is 2.05. The molecule has 15 heavy (non-hydrogen) atoms. The van der Waals surface area contributed by atoms with Gasteiger partial charge in [-0.25, -0.2) is 13.2 Å². The number of carbonyl (C=O) groups is 1. The van der Waals surface area contributed by atoms with Crippen molar-refractivity contribution in [2.75, 3.05) is 26.1 Å². The van der Waals surface area contributed by atoms with Crippen LogP contribution in [0.3, 0.4) is 0 Å². The lowest BCUT2D eigenvalue weighted by atomic mass is 10.4. The van der Waals surface area contributed by atoms with Gasteiger partial charge in [-0.2, -0.15) is 0 Å². The summed E-state index contributed by atoms with van der Waals surface area (Å²) >= 11 is 0. The quantitative estimate of drug-likeness (QED) is 0.521. The van der Waals surface area contributed by atoms with Crippen LogP contribution in [0.15, 0.2) is 0 Å². The van der Waals surface area contributed by atoms with Gasteiger partial charge in [0.1, 0.15) is 13.1 Å². The normalized spacial score (nSPS) is 23.3. The molecule has 0 aromatic rings. The molecule has 0 amide bonds. The van der Waals surface area contributed by atoms with Crippen molar-refractivity contribution in [2.24, 2.45) is 0 Å². The Morgan fingerprint density at radius 2 is 2.00 bits per heavy atom. The van der Waals surface area contributed by atoms with Crippen LogP contribution in [-0.2, 0) is 23.6 Å². The third-order valence-electron chi connectivity index (χ3n) is 2.24. The second-order valence-corrected chi connectivity index (χ2v) is 6.06. The van der Waals surface area contributed by atoms with Crippen molar-refractivity contribution in [3.63, 3.8) is 0 Å². The van der Waals surface area contributed by atoms with E-state index in [1.807, 2.05) is 0 Å². The van der Waals surface area contributed by atoms with Gasteiger partial charge in [0.15, 0.2) is 0 Å². The second kappa shape index (κ2) is 4.51. The lowest BCUT2D eigenvalue weighted by Crippen LogP contribution is -2.48. The predicted octanol–water partition coefficient (Wildman–Crippen LogP) is 0.310. The summed E-state index contributed by atoms with van der Waals surface area (Å²) in [5, 5.41) is 0. The summed E-state index contributed by atoms with van der Waals surface area (Å²) in [6.07, 6.45) is 3.39. The molecule has 88 valence electrons. The molecule has 0 saturated carbocycles. The summed E-state index contributed by atoms with van der Waals surface area (Å²) in [6, 6.07) is 0. The molecule has 1 rings (SSSR count). The molecule has 0 aromatic heterocycles. The Bertz CT molecular complexity index is 330. The van der Waals surface area contributed by atoms with Crippen LogP contribution in [0, 0.1) is 0 Å². The Balaban J connectivity index is 2.61. The highest BCUT2D eigenvalue weighted by Gasteiger charge is 2.37. The zero-order valence-electron chi connectivity index (χ0n) is 9.23. The molecule has 1 saturated heterocycles. The van der Waals surface area contributed by atoms with E-state index in [1.165, 1.54) is 13.2 Å². The first-order valence-electron chi connectivity index (χ1n) is 4.86. The number of hydrogen-bond donors (Lipinski definition) is 0. The van der Waals surface area contributed by atoms with Gasteiger partial charge in [0.05, 0.1) is 9.80 Å². The molecule has 6 heteroatoms. The number of nitrogens with zero attached hydrogens (tertiary/aromatic N) is 1. The molecule has 1 heterocycles. The van der Waals surface area contributed by atoms with Crippen LogP contribution in [0.4, 0.5) is 0 Å². The van der Waals surface area contributed by atoms with Crippen LogP contribution in [0.5, 0.6) is 0 Å². The van der Waals surface area contributed by atoms with Gasteiger partial charge in [-0.3, -0.25) is 4.84 Å². The molecule has 5 nitrogen and oxygen atoms in total. The van der Waals surface area contributed by atoms with Gasteiger partial charge in [0.25, 0.3) is 0 Å². The topological polar surface area (TPSA) is 52.6 Å². The molecule has 1 fully saturated rings. The molecule has 1 unspecified atom stereocenters. The zero-order valence-corrected chi connectivity index (χ0v) is 10.0. The number of rotatable bonds is 4. The van der Waals surface area contributed by atoms with Crippen LogP contribution in [0.25, 0.3) is 0 Å². The number of likely N-dealkylation sites (tertiary alicyclic amines) is 1. The third-order valence-corrected chi connectivity index (χ3v) is 2.84. The molecule has 0 aromatic carbocycles. The average Bonchev–Trinajstić information content (AvgIpc) is 2.48. The Kier molecular flexibility index (Phi) is 3.75. The molecule has 0 radical (unpaired) electrons. The number of carbonyl (C=O) groups excluding carboxylic acids is 1. The monoisotopic (exact) mass is 236 g/mol. The summed E-state index contributed by atoms with van der Waals surface area (Å²) in [5.74, 6) is 3.06. The van der Waals surface area contributed by atoms with Gasteiger partial charge >= 0.3 is 5.97 Å². The van der Waals surface area contributed by atoms with E-state index in [9.17, 15) is 9.00 Å². The van der Waals surface area contributed by atoms with Gasteiger partial charge in [-0.05, 0) is 5.87 Å². The van der Waals surface area contributed by atoms with E-state index in [1.54, 1.807) is 0 Å². The first-order valence-corrected chi connectivity index (χ1v) is 6.92. The summed E-state index contributed by atoms with van der Waals surface area (Å²) < 4.78 is 16.5. The van der Waals surface area contributed by atoms with E-state index in [2.05, 4.69) is 5.87 Å². The fourth-order valence-electron chi connectivity index (χ4n) is 1.64. The van der Waals surface area contributed by atoms with Crippen molar-refractivity contribution in [3.05, 3.63) is 0 Å². The smallest absolute Gasteiger partial charge is 0.275 e. The van der Waals surface area contributed by atoms with Crippen LogP contribution in [0.1, 0.15) is 19.8 Å². The lowest BCUT2D eigenvalue weighted by Gasteiger charge is -2.28. The number of quaternary nitrogens is 1. The molecule has 1 aliphatic rings. The highest BCUT2D eigenvalue weighted by molar-refractivity contribution is 7.95. The second-order valence-electron chi connectivity index (χ2n) is 3.97. The lowest BCUT2D eigenvalue weighted by molar-refractivity contribution is -1.09.